The van der Waals surface area contributed by atoms with Crippen molar-refractivity contribution in [3.8, 4) is 0 Å². The summed E-state index contributed by atoms with van der Waals surface area (Å²) in [5.74, 6) is 0.205. The van der Waals surface area contributed by atoms with E-state index >= 15 is 0 Å². The van der Waals surface area contributed by atoms with Crippen LogP contribution < -0.4 is 0 Å². The highest BCUT2D eigenvalue weighted by atomic mass is 16.3. The lowest BCUT2D eigenvalue weighted by Gasteiger charge is -2.30. The van der Waals surface area contributed by atoms with Crippen LogP contribution >= 0.6 is 0 Å². The van der Waals surface area contributed by atoms with Crippen molar-refractivity contribution in [1.82, 2.24) is 14.8 Å². The second-order valence-electron chi connectivity index (χ2n) is 7.40. The average molecular weight is 327 g/mol. The van der Waals surface area contributed by atoms with E-state index in [4.69, 9.17) is 0 Å². The van der Waals surface area contributed by atoms with E-state index < -0.39 is 0 Å². The number of piperidine rings is 1. The third-order valence-electron chi connectivity index (χ3n) is 5.81. The fraction of sp³-hybridized carbons (Fsp3) is 0.600. The summed E-state index contributed by atoms with van der Waals surface area (Å²) in [6.07, 6.45) is 5.19. The molecule has 3 heterocycles. The summed E-state index contributed by atoms with van der Waals surface area (Å²) in [4.78, 5) is 8.75. The van der Waals surface area contributed by atoms with E-state index in [1.165, 1.54) is 61.1 Å². The number of para-hydroxylation sites is 1. The van der Waals surface area contributed by atoms with Gasteiger partial charge in [0, 0.05) is 48.7 Å². The molecule has 4 nitrogen and oxygen atoms in total. The number of likely N-dealkylation sites (tertiary alicyclic amines) is 1. The predicted octanol–water partition coefficient (Wildman–Crippen LogP) is 2.59. The lowest BCUT2D eigenvalue weighted by atomic mass is 10.0. The molecular weight excluding hydrogens is 298 g/mol. The summed E-state index contributed by atoms with van der Waals surface area (Å²) in [7, 11) is 0. The van der Waals surface area contributed by atoms with Crippen molar-refractivity contribution < 1.29 is 5.11 Å². The first-order valence-corrected chi connectivity index (χ1v) is 9.50. The van der Waals surface area contributed by atoms with Crippen LogP contribution in [0, 0.1) is 0 Å². The first-order chi connectivity index (χ1) is 11.8. The summed E-state index contributed by atoms with van der Waals surface area (Å²) in [5.41, 5.74) is 3.90. The van der Waals surface area contributed by atoms with Gasteiger partial charge in [0.2, 0.25) is 0 Å². The molecule has 1 unspecified atom stereocenters. The van der Waals surface area contributed by atoms with Crippen molar-refractivity contribution >= 4 is 10.9 Å². The molecule has 2 aliphatic heterocycles. The number of benzene rings is 1. The summed E-state index contributed by atoms with van der Waals surface area (Å²) in [6, 6.07) is 8.55. The number of aromatic nitrogens is 1. The normalized spacial score (nSPS) is 23.3. The lowest BCUT2D eigenvalue weighted by molar-refractivity contribution is 0.165. The van der Waals surface area contributed by atoms with Crippen molar-refractivity contribution in [2.75, 3.05) is 45.9 Å². The van der Waals surface area contributed by atoms with Crippen LogP contribution in [0.4, 0.5) is 0 Å². The van der Waals surface area contributed by atoms with Crippen LogP contribution in [0.5, 0.6) is 0 Å². The van der Waals surface area contributed by atoms with Crippen molar-refractivity contribution in [1.29, 1.82) is 0 Å². The SMILES string of the molecule is OCC1CN(CCN2CCCCC2)CCc2c1[nH]c1ccccc21. The van der Waals surface area contributed by atoms with E-state index in [9.17, 15) is 5.11 Å². The van der Waals surface area contributed by atoms with Crippen LogP contribution in [0.3, 0.4) is 0 Å². The number of nitrogens with one attached hydrogen (secondary N) is 1. The van der Waals surface area contributed by atoms with Crippen LogP contribution in [0.25, 0.3) is 10.9 Å². The minimum Gasteiger partial charge on any atom is -0.396 e. The Morgan fingerprint density at radius 3 is 2.62 bits per heavy atom. The molecule has 1 saturated heterocycles. The molecular formula is C20H29N3O. The second-order valence-corrected chi connectivity index (χ2v) is 7.40. The Labute approximate surface area is 144 Å². The van der Waals surface area contributed by atoms with Crippen molar-refractivity contribution in [2.24, 2.45) is 0 Å². The van der Waals surface area contributed by atoms with Gasteiger partial charge in [-0.15, -0.1) is 0 Å². The third-order valence-corrected chi connectivity index (χ3v) is 5.81. The highest BCUT2D eigenvalue weighted by Gasteiger charge is 2.26. The number of rotatable bonds is 4. The molecule has 0 radical (unpaired) electrons. The number of nitrogens with zero attached hydrogens (tertiary/aromatic N) is 2. The van der Waals surface area contributed by atoms with E-state index in [0.717, 1.165) is 26.1 Å². The zero-order valence-electron chi connectivity index (χ0n) is 14.5. The molecule has 24 heavy (non-hydrogen) atoms. The molecule has 2 N–H and O–H groups in total. The summed E-state index contributed by atoms with van der Waals surface area (Å²) >= 11 is 0. The topological polar surface area (TPSA) is 42.5 Å². The fourth-order valence-corrected chi connectivity index (χ4v) is 4.42. The monoisotopic (exact) mass is 327 g/mol. The predicted molar refractivity (Wildman–Crippen MR) is 98.6 cm³/mol. The molecule has 130 valence electrons. The largest absolute Gasteiger partial charge is 0.396 e. The van der Waals surface area contributed by atoms with Crippen LogP contribution in [-0.4, -0.2) is 65.8 Å². The smallest absolute Gasteiger partial charge is 0.0526 e. The fourth-order valence-electron chi connectivity index (χ4n) is 4.42. The van der Waals surface area contributed by atoms with E-state index in [-0.39, 0.29) is 12.5 Å². The van der Waals surface area contributed by atoms with Crippen molar-refractivity contribution in [3.05, 3.63) is 35.5 Å². The summed E-state index contributed by atoms with van der Waals surface area (Å²) in [5, 5.41) is 11.3. The number of hydrogen-bond donors (Lipinski definition) is 2. The maximum atomic E-state index is 9.97. The standard InChI is InChI=1S/C20H29N3O/c24-15-16-14-23(13-12-22-9-4-1-5-10-22)11-8-18-17-6-2-3-7-19(17)21-20(16)18/h2-3,6-7,16,21,24H,1,4-5,8-15H2. The number of aromatic amines is 1. The molecule has 0 saturated carbocycles. The highest BCUT2D eigenvalue weighted by molar-refractivity contribution is 5.85. The number of fused-ring (bicyclic) bond motifs is 3. The van der Waals surface area contributed by atoms with Crippen LogP contribution in [0.15, 0.2) is 24.3 Å². The average Bonchev–Trinajstić information content (AvgIpc) is 2.91. The molecule has 1 aromatic heterocycles. The Hall–Kier alpha value is -1.36. The van der Waals surface area contributed by atoms with E-state index in [2.05, 4.69) is 39.0 Å². The first-order valence-electron chi connectivity index (χ1n) is 9.50. The Morgan fingerprint density at radius 2 is 1.79 bits per heavy atom. The first kappa shape index (κ1) is 16.1. The quantitative estimate of drug-likeness (QED) is 0.907. The summed E-state index contributed by atoms with van der Waals surface area (Å²) in [6.45, 7) is 7.11. The molecule has 1 atom stereocenters. The molecule has 0 aliphatic carbocycles. The Bertz CT molecular complexity index is 675. The molecule has 1 aromatic carbocycles. The minimum absolute atomic E-state index is 0.205. The molecule has 4 heteroatoms. The minimum atomic E-state index is 0.205. The van der Waals surface area contributed by atoms with Crippen molar-refractivity contribution in [3.63, 3.8) is 0 Å². The van der Waals surface area contributed by atoms with Crippen LogP contribution in [-0.2, 0) is 6.42 Å². The molecule has 4 rings (SSSR count). The van der Waals surface area contributed by atoms with E-state index in [0.29, 0.717) is 0 Å². The van der Waals surface area contributed by atoms with Gasteiger partial charge in [0.25, 0.3) is 0 Å². The molecule has 0 bridgehead atoms. The van der Waals surface area contributed by atoms with E-state index in [1.807, 2.05) is 0 Å². The van der Waals surface area contributed by atoms with Crippen LogP contribution in [0.1, 0.15) is 36.4 Å². The van der Waals surface area contributed by atoms with Gasteiger partial charge in [0.05, 0.1) is 6.61 Å². The number of H-pyrrole nitrogens is 1. The number of aliphatic hydroxyl groups is 1. The zero-order chi connectivity index (χ0) is 16.4. The molecule has 2 aromatic rings. The number of hydrogen-bond acceptors (Lipinski definition) is 3. The Kier molecular flexibility index (Phi) is 4.88. The van der Waals surface area contributed by atoms with Gasteiger partial charge in [0.15, 0.2) is 0 Å². The maximum absolute atomic E-state index is 9.97. The van der Waals surface area contributed by atoms with Crippen molar-refractivity contribution in [2.45, 2.75) is 31.6 Å². The van der Waals surface area contributed by atoms with E-state index in [1.54, 1.807) is 0 Å². The molecule has 0 amide bonds. The lowest BCUT2D eigenvalue weighted by Crippen LogP contribution is -2.39. The molecule has 1 fully saturated rings. The summed E-state index contributed by atoms with van der Waals surface area (Å²) < 4.78 is 0. The Morgan fingerprint density at radius 1 is 1.00 bits per heavy atom. The number of aliphatic hydroxyl groups excluding tert-OH is 1. The van der Waals surface area contributed by atoms with Gasteiger partial charge in [-0.1, -0.05) is 24.6 Å². The second kappa shape index (κ2) is 7.26. The van der Waals surface area contributed by atoms with Gasteiger partial charge in [-0.05, 0) is 44.0 Å². The van der Waals surface area contributed by atoms with Gasteiger partial charge in [-0.3, -0.25) is 0 Å². The highest BCUT2D eigenvalue weighted by Crippen LogP contribution is 2.31. The van der Waals surface area contributed by atoms with Crippen LogP contribution in [0.2, 0.25) is 0 Å². The zero-order valence-corrected chi connectivity index (χ0v) is 14.5. The van der Waals surface area contributed by atoms with Gasteiger partial charge >= 0.3 is 0 Å². The Balaban J connectivity index is 1.47. The van der Waals surface area contributed by atoms with Gasteiger partial charge < -0.3 is 19.9 Å². The molecule has 0 spiro atoms. The molecule has 2 aliphatic rings. The van der Waals surface area contributed by atoms with Gasteiger partial charge in [0.1, 0.15) is 0 Å². The third kappa shape index (κ3) is 3.23. The maximum Gasteiger partial charge on any atom is 0.0526 e. The van der Waals surface area contributed by atoms with Gasteiger partial charge in [-0.25, -0.2) is 0 Å². The van der Waals surface area contributed by atoms with Gasteiger partial charge in [-0.2, -0.15) is 0 Å².